The Labute approximate surface area is 365 Å². The number of aliphatic carboxylic acids is 1. The zero-order valence-corrected chi connectivity index (χ0v) is 38.3. The third-order valence-corrected chi connectivity index (χ3v) is 17.1. The summed E-state index contributed by atoms with van der Waals surface area (Å²) in [6.45, 7) is 6.47. The summed E-state index contributed by atoms with van der Waals surface area (Å²) >= 11 is 0. The predicted molar refractivity (Wildman–Crippen MR) is 229 cm³/mol. The second-order valence-corrected chi connectivity index (χ2v) is 24.5. The van der Waals surface area contributed by atoms with Gasteiger partial charge < -0.3 is 14.9 Å². The van der Waals surface area contributed by atoms with E-state index in [-0.39, 0.29) is 40.1 Å². The smallest absolute Gasteiger partial charge is 0.303 e. The molecule has 0 unspecified atom stereocenters. The van der Waals surface area contributed by atoms with Crippen molar-refractivity contribution in [3.63, 3.8) is 0 Å². The third kappa shape index (κ3) is 10.0. The van der Waals surface area contributed by atoms with Crippen LogP contribution >= 0.6 is 0 Å². The maximum Gasteiger partial charge on any atom is 0.303 e. The lowest BCUT2D eigenvalue weighted by Gasteiger charge is -2.45. The Morgan fingerprint density at radius 1 is 0.778 bits per heavy atom. The van der Waals surface area contributed by atoms with Gasteiger partial charge >= 0.3 is 5.97 Å². The van der Waals surface area contributed by atoms with Crippen molar-refractivity contribution in [2.45, 2.75) is 85.2 Å². The molecule has 20 nitrogen and oxygen atoms in total. The molecular weight excluding hydrogens is 931 g/mol. The van der Waals surface area contributed by atoms with E-state index in [9.17, 15) is 74.8 Å². The maximum atomic E-state index is 12.7. The van der Waals surface area contributed by atoms with Gasteiger partial charge in [-0.05, 0) is 97.3 Å². The zero-order chi connectivity index (χ0) is 47.0. The highest BCUT2D eigenvalue weighted by molar-refractivity contribution is 8.04. The molecule has 0 radical (unpaired) electrons. The fourth-order valence-corrected chi connectivity index (χ4v) is 12.4. The number of hydrogen-bond acceptors (Lipinski definition) is 13. The van der Waals surface area contributed by atoms with Gasteiger partial charge in [-0.1, -0.05) is 26.0 Å². The fraction of sp³-hybridized carbons (Fsp3) is 0.421. The van der Waals surface area contributed by atoms with Crippen LogP contribution in [0.2, 0.25) is 0 Å². The lowest BCUT2D eigenvalue weighted by atomic mass is 9.66. The Bertz CT molecular complexity index is 3040. The second kappa shape index (κ2) is 16.3. The van der Waals surface area contributed by atoms with Gasteiger partial charge in [0, 0.05) is 48.4 Å². The summed E-state index contributed by atoms with van der Waals surface area (Å²) in [5, 5.41) is 9.30. The van der Waals surface area contributed by atoms with Gasteiger partial charge in [0.25, 0.3) is 55.2 Å². The van der Waals surface area contributed by atoms with Crippen molar-refractivity contribution in [2.24, 2.45) is 0 Å². The molecule has 2 aliphatic heterocycles. The number of anilines is 2. The van der Waals surface area contributed by atoms with Crippen LogP contribution in [0, 0.1) is 0 Å². The molecule has 6 rings (SSSR count). The van der Waals surface area contributed by atoms with Crippen LogP contribution in [0.15, 0.2) is 58.3 Å². The first-order valence-corrected chi connectivity index (χ1v) is 26.6. The Morgan fingerprint density at radius 3 is 1.94 bits per heavy atom. The lowest BCUT2D eigenvalue weighted by molar-refractivity contribution is -0.452. The van der Waals surface area contributed by atoms with Crippen LogP contribution in [0.5, 0.6) is 0 Å². The number of nitrogens with zero attached hydrogens (tertiary/aromatic N) is 2. The molecular formula is C38H46N3O17S5+. The van der Waals surface area contributed by atoms with Crippen molar-refractivity contribution in [1.82, 2.24) is 0 Å². The van der Waals surface area contributed by atoms with Crippen molar-refractivity contribution in [1.29, 1.82) is 0 Å². The summed E-state index contributed by atoms with van der Waals surface area (Å²) in [4.78, 5) is 16.2. The number of carboxylic acid groups (broad SMARTS) is 1. The summed E-state index contributed by atoms with van der Waals surface area (Å²) in [6.07, 6.45) is 2.97. The highest BCUT2D eigenvalue weighted by atomic mass is 32.3. The predicted octanol–water partition coefficient (Wildman–Crippen LogP) is 1.53. The Kier molecular flexibility index (Phi) is 12.4. The van der Waals surface area contributed by atoms with Gasteiger partial charge in [0.1, 0.15) is 10.6 Å². The van der Waals surface area contributed by atoms with E-state index in [1.165, 1.54) is 12.1 Å². The average molecular weight is 977 g/mol. The Balaban J connectivity index is 1.66. The first kappa shape index (κ1) is 48.2. The summed E-state index contributed by atoms with van der Waals surface area (Å²) in [6, 6.07) is 9.42. The first-order chi connectivity index (χ1) is 28.7. The Morgan fingerprint density at radius 2 is 1.38 bits per heavy atom. The molecule has 0 amide bonds. The molecule has 3 aromatic carbocycles. The van der Waals surface area contributed by atoms with Crippen molar-refractivity contribution in [2.75, 3.05) is 35.2 Å². The Hall–Kier alpha value is -4.31. The summed E-state index contributed by atoms with van der Waals surface area (Å²) in [5.74, 6) is -1.90. The van der Waals surface area contributed by atoms with E-state index in [4.69, 9.17) is 0 Å². The van der Waals surface area contributed by atoms with Crippen LogP contribution in [0.1, 0.15) is 85.9 Å². The van der Waals surface area contributed by atoms with E-state index in [0.717, 1.165) is 23.4 Å². The van der Waals surface area contributed by atoms with E-state index in [2.05, 4.69) is 4.99 Å². The van der Waals surface area contributed by atoms with Crippen LogP contribution in [0.25, 0.3) is 5.57 Å². The monoisotopic (exact) mass is 976 g/mol. The number of aryl methyl sites for hydroxylation is 1. The van der Waals surface area contributed by atoms with Gasteiger partial charge in [-0.2, -0.15) is 42.1 Å². The van der Waals surface area contributed by atoms with Gasteiger partial charge in [-0.25, -0.2) is 4.99 Å². The summed E-state index contributed by atoms with van der Waals surface area (Å²) in [7, 11) is -25.7. The minimum atomic E-state index is -5.44. The van der Waals surface area contributed by atoms with Gasteiger partial charge in [0.15, 0.2) is 6.54 Å². The maximum absolute atomic E-state index is 12.7. The lowest BCUT2D eigenvalue weighted by Crippen LogP contribution is -2.78. The van der Waals surface area contributed by atoms with Crippen molar-refractivity contribution in [3.05, 3.63) is 87.5 Å². The number of carboxylic acids is 1. The van der Waals surface area contributed by atoms with E-state index in [0.29, 0.717) is 55.1 Å². The molecule has 0 fully saturated rings. The zero-order valence-electron chi connectivity index (χ0n) is 34.2. The van der Waals surface area contributed by atoms with E-state index in [1.807, 2.05) is 30.9 Å². The molecule has 3 aliphatic rings. The van der Waals surface area contributed by atoms with Gasteiger partial charge in [0.2, 0.25) is 5.71 Å². The van der Waals surface area contributed by atoms with Crippen LogP contribution in [-0.4, -0.2) is 117 Å². The van der Waals surface area contributed by atoms with Crippen LogP contribution in [0.3, 0.4) is 0 Å². The molecule has 25 heteroatoms. The minimum absolute atomic E-state index is 0.0485. The molecule has 0 bridgehead atoms. The number of rotatable bonds is 14. The van der Waals surface area contributed by atoms with E-state index >= 15 is 0 Å². The van der Waals surface area contributed by atoms with Gasteiger partial charge in [-0.15, -0.1) is 0 Å². The molecule has 1 aliphatic carbocycles. The van der Waals surface area contributed by atoms with Crippen LogP contribution < -0.4 is 14.8 Å². The third-order valence-electron chi connectivity index (χ3n) is 11.5. The van der Waals surface area contributed by atoms with Crippen LogP contribution in [0.4, 0.5) is 11.4 Å². The van der Waals surface area contributed by atoms with Gasteiger partial charge in [-0.3, -0.25) is 27.6 Å². The average Bonchev–Trinajstić information content (AvgIpc) is 3.11. The normalized spacial score (nSPS) is 18.1. The fourth-order valence-electron chi connectivity index (χ4n) is 8.64. The van der Waals surface area contributed by atoms with Crippen molar-refractivity contribution in [3.8, 4) is 0 Å². The van der Waals surface area contributed by atoms with E-state index < -0.39 is 101 Å². The standard InChI is InChI=1S/C38H45N3O17S5/c1-37(2)18-24(21-59(44,45)46)26-15-28-30(17-32(26)41(37)20-23-9-10-25(60(47,48)49)14-33(23)61(50,51)52)38(3,4)29-16-31-22(7-5-11-40(31)12-6-8-34(42)43)13-27(29)36(28)39-19-35(62(53,54)55)63(56,57)58/h9-10,13-18,35H,5-8,11-12,19-21H2,1-4H3,(H,42,43)(H,44,45,46)(H,47,48,49)(H,50,51,52)(H,53,54,55)(H,56,57,58)/p+1. The van der Waals surface area contributed by atoms with E-state index in [1.54, 1.807) is 24.8 Å². The highest BCUT2D eigenvalue weighted by Gasteiger charge is 2.45. The molecule has 0 saturated heterocycles. The van der Waals surface area contributed by atoms with Crippen molar-refractivity contribution < 1.29 is 79.7 Å². The molecule has 0 aromatic heterocycles. The summed E-state index contributed by atoms with van der Waals surface area (Å²) in [5.41, 5.74) is 1.43. The molecule has 7 N–H and O–H groups in total. The first-order valence-electron chi connectivity index (χ1n) is 19.1. The molecule has 63 heavy (non-hydrogen) atoms. The van der Waals surface area contributed by atoms with Gasteiger partial charge in [0.05, 0.1) is 21.6 Å². The quantitative estimate of drug-likeness (QED) is 0.113. The molecule has 0 spiro atoms. The molecule has 0 saturated carbocycles. The largest absolute Gasteiger partial charge is 0.481 e. The number of hydrogen-bond donors (Lipinski definition) is 7. The van der Waals surface area contributed by atoms with Crippen LogP contribution in [-0.2, 0) is 73.8 Å². The molecule has 2 heterocycles. The topological polar surface area (TPSA) is 330 Å². The highest BCUT2D eigenvalue weighted by Crippen LogP contribution is 2.49. The second-order valence-electron chi connectivity index (χ2n) is 16.7. The number of nitrogens with one attached hydrogen (secondary N) is 1. The molecule has 344 valence electrons. The number of fused-ring (bicyclic) bond motifs is 4. The minimum Gasteiger partial charge on any atom is -0.481 e. The van der Waals surface area contributed by atoms with Crippen molar-refractivity contribution >= 4 is 79.2 Å². The summed E-state index contributed by atoms with van der Waals surface area (Å²) < 4.78 is 171. The SMILES string of the molecule is CC1(C)c2cc3c(cc2C(=[NH+]CC(S(=O)(=O)O)S(=O)(=O)O)c2cc4c(cc21)N(Cc1ccc(S(=O)(=O)O)cc1S(=O)(=O)O)C(C)(C)C=C4CS(=O)(=O)O)CCCN3CCCC(=O)O. The molecule has 3 aromatic rings. The number of benzene rings is 3. The number of carbonyl (C=O) groups is 1. The molecule has 0 atom stereocenters.